The minimum absolute atomic E-state index is 0.0477. The molecular weight excluding hydrogens is 408 g/mol. The zero-order chi connectivity index (χ0) is 21.5. The van der Waals surface area contributed by atoms with E-state index in [4.69, 9.17) is 0 Å². The van der Waals surface area contributed by atoms with E-state index in [9.17, 15) is 9.59 Å². The fourth-order valence-electron chi connectivity index (χ4n) is 4.43. The van der Waals surface area contributed by atoms with Gasteiger partial charge in [-0.25, -0.2) is 4.98 Å². The molecule has 0 N–H and O–H groups in total. The Morgan fingerprint density at radius 1 is 1.13 bits per heavy atom. The van der Waals surface area contributed by atoms with Crippen LogP contribution >= 0.6 is 11.3 Å². The van der Waals surface area contributed by atoms with Crippen molar-refractivity contribution in [1.82, 2.24) is 19.0 Å². The number of nitrogens with zero attached hydrogens (tertiary/aromatic N) is 4. The fraction of sp³-hybridized carbons (Fsp3) is 0.292. The van der Waals surface area contributed by atoms with Crippen molar-refractivity contribution in [3.05, 3.63) is 87.0 Å². The fourth-order valence-corrected chi connectivity index (χ4v) is 5.41. The molecule has 1 aliphatic heterocycles. The average molecular weight is 433 g/mol. The van der Waals surface area contributed by atoms with Crippen molar-refractivity contribution in [2.75, 3.05) is 6.54 Å². The Hall–Kier alpha value is -3.19. The van der Waals surface area contributed by atoms with E-state index in [0.29, 0.717) is 18.5 Å². The lowest BCUT2D eigenvalue weighted by molar-refractivity contribution is -0.134. The number of aromatic nitrogens is 3. The number of benzene rings is 1. The van der Waals surface area contributed by atoms with Crippen molar-refractivity contribution in [2.24, 2.45) is 0 Å². The number of hydrogen-bond donors (Lipinski definition) is 0. The molecule has 1 aliphatic rings. The second-order valence-electron chi connectivity index (χ2n) is 7.98. The van der Waals surface area contributed by atoms with Gasteiger partial charge in [-0.05, 0) is 37.1 Å². The summed E-state index contributed by atoms with van der Waals surface area (Å²) < 4.78 is 3.79. The molecule has 4 heterocycles. The highest BCUT2D eigenvalue weighted by atomic mass is 32.1. The number of rotatable bonds is 4. The zero-order valence-electron chi connectivity index (χ0n) is 17.6. The molecule has 0 saturated heterocycles. The molecule has 0 fully saturated rings. The maximum atomic E-state index is 13.3. The van der Waals surface area contributed by atoms with E-state index in [1.165, 1.54) is 11.3 Å². The van der Waals surface area contributed by atoms with Crippen LogP contribution in [0.4, 0.5) is 0 Å². The molecule has 0 radical (unpaired) electrons. The van der Waals surface area contributed by atoms with E-state index >= 15 is 0 Å². The van der Waals surface area contributed by atoms with Crippen molar-refractivity contribution in [2.45, 2.75) is 39.4 Å². The number of hydrogen-bond acceptors (Lipinski definition) is 4. The summed E-state index contributed by atoms with van der Waals surface area (Å²) in [5, 5.41) is 0.676. The molecule has 7 heteroatoms. The largest absolute Gasteiger partial charge is 0.348 e. The number of carbonyl (C=O) groups is 1. The summed E-state index contributed by atoms with van der Waals surface area (Å²) in [7, 11) is 0. The first-order valence-electron chi connectivity index (χ1n) is 10.5. The number of carbonyl (C=O) groups excluding carboxylic acids is 1. The van der Waals surface area contributed by atoms with E-state index in [0.717, 1.165) is 33.1 Å². The smallest absolute Gasteiger partial charge is 0.262 e. The predicted octanol–water partition coefficient (Wildman–Crippen LogP) is 3.90. The molecule has 5 rings (SSSR count). The Labute approximate surface area is 184 Å². The highest BCUT2D eigenvalue weighted by molar-refractivity contribution is 7.18. The van der Waals surface area contributed by atoms with Crippen LogP contribution in [0.2, 0.25) is 0 Å². The molecule has 6 nitrogen and oxygen atoms in total. The molecule has 1 aromatic carbocycles. The maximum Gasteiger partial charge on any atom is 0.262 e. The second kappa shape index (κ2) is 7.81. The first-order valence-corrected chi connectivity index (χ1v) is 11.3. The third-order valence-electron chi connectivity index (χ3n) is 6.20. The topological polar surface area (TPSA) is 60.1 Å². The lowest BCUT2D eigenvalue weighted by Gasteiger charge is -2.37. The Morgan fingerprint density at radius 2 is 1.94 bits per heavy atom. The Kier molecular flexibility index (Phi) is 4.98. The summed E-state index contributed by atoms with van der Waals surface area (Å²) in [5.74, 6) is 0.0477. The molecule has 0 saturated carbocycles. The predicted molar refractivity (Wildman–Crippen MR) is 122 cm³/mol. The van der Waals surface area contributed by atoms with Crippen LogP contribution in [0.5, 0.6) is 0 Å². The van der Waals surface area contributed by atoms with Gasteiger partial charge in [-0.15, -0.1) is 11.3 Å². The number of aryl methyl sites for hydroxylation is 3. The molecular formula is C24H24N4O2S. The molecule has 1 atom stereocenters. The van der Waals surface area contributed by atoms with Gasteiger partial charge in [0, 0.05) is 42.8 Å². The number of thiophene rings is 1. The minimum atomic E-state index is -0.114. The van der Waals surface area contributed by atoms with Gasteiger partial charge in [-0.1, -0.05) is 30.3 Å². The SMILES string of the molecule is Cc1sc2ncn(CCC(=O)N3CCn4cccc4C3c3ccccc3)c(=O)c2c1C. The van der Waals surface area contributed by atoms with Crippen LogP contribution in [0.3, 0.4) is 0 Å². The van der Waals surface area contributed by atoms with Crippen molar-refractivity contribution in [3.8, 4) is 0 Å². The van der Waals surface area contributed by atoms with Crippen molar-refractivity contribution in [3.63, 3.8) is 0 Å². The first kappa shape index (κ1) is 19.8. The second-order valence-corrected chi connectivity index (χ2v) is 9.19. The van der Waals surface area contributed by atoms with Gasteiger partial charge in [0.05, 0.1) is 17.8 Å². The van der Waals surface area contributed by atoms with Crippen LogP contribution in [0.25, 0.3) is 10.2 Å². The lowest BCUT2D eigenvalue weighted by atomic mass is 9.99. The van der Waals surface area contributed by atoms with E-state index < -0.39 is 0 Å². The van der Waals surface area contributed by atoms with Gasteiger partial charge in [-0.3, -0.25) is 14.2 Å². The Balaban J connectivity index is 1.41. The van der Waals surface area contributed by atoms with E-state index in [1.807, 2.05) is 43.0 Å². The molecule has 0 aliphatic carbocycles. The van der Waals surface area contributed by atoms with Gasteiger partial charge in [0.2, 0.25) is 5.91 Å². The van der Waals surface area contributed by atoms with Crippen molar-refractivity contribution in [1.29, 1.82) is 0 Å². The highest BCUT2D eigenvalue weighted by Gasteiger charge is 2.31. The van der Waals surface area contributed by atoms with Crippen molar-refractivity contribution >= 4 is 27.5 Å². The Bertz CT molecular complexity index is 1320. The molecule has 1 amide bonds. The van der Waals surface area contributed by atoms with Gasteiger partial charge in [0.1, 0.15) is 4.83 Å². The van der Waals surface area contributed by atoms with Gasteiger partial charge < -0.3 is 9.47 Å². The minimum Gasteiger partial charge on any atom is -0.348 e. The van der Waals surface area contributed by atoms with E-state index in [2.05, 4.69) is 33.9 Å². The van der Waals surface area contributed by atoms with Gasteiger partial charge in [0.15, 0.2) is 0 Å². The highest BCUT2D eigenvalue weighted by Crippen LogP contribution is 2.32. The third kappa shape index (κ3) is 3.39. The van der Waals surface area contributed by atoms with Gasteiger partial charge >= 0.3 is 0 Å². The standard InChI is InChI=1S/C24H24N4O2S/c1-16-17(2)31-23-21(16)24(30)27(15-25-23)12-10-20(29)28-14-13-26-11-6-9-19(26)22(28)18-7-4-3-5-8-18/h3-9,11,15,22H,10,12-14H2,1-2H3. The molecule has 4 aromatic rings. The van der Waals surface area contributed by atoms with Crippen LogP contribution in [0.15, 0.2) is 59.8 Å². The average Bonchev–Trinajstić information content (AvgIpc) is 3.37. The van der Waals surface area contributed by atoms with E-state index in [1.54, 1.807) is 10.9 Å². The van der Waals surface area contributed by atoms with Crippen molar-refractivity contribution < 1.29 is 4.79 Å². The van der Waals surface area contributed by atoms with Crippen LogP contribution < -0.4 is 5.56 Å². The van der Waals surface area contributed by atoms with E-state index in [-0.39, 0.29) is 23.9 Å². The molecule has 0 bridgehead atoms. The zero-order valence-corrected chi connectivity index (χ0v) is 18.4. The van der Waals surface area contributed by atoms with Crippen LogP contribution in [-0.2, 0) is 17.9 Å². The molecule has 1 unspecified atom stereocenters. The normalized spacial score (nSPS) is 15.9. The molecule has 3 aromatic heterocycles. The summed E-state index contributed by atoms with van der Waals surface area (Å²) in [5.41, 5.74) is 3.14. The lowest BCUT2D eigenvalue weighted by Crippen LogP contribution is -2.42. The van der Waals surface area contributed by atoms with Crippen LogP contribution in [0, 0.1) is 13.8 Å². The Morgan fingerprint density at radius 3 is 2.74 bits per heavy atom. The number of fused-ring (bicyclic) bond motifs is 2. The third-order valence-corrected chi connectivity index (χ3v) is 7.31. The first-order chi connectivity index (χ1) is 15.0. The number of amides is 1. The summed E-state index contributed by atoms with van der Waals surface area (Å²) in [6, 6.07) is 14.1. The quantitative estimate of drug-likeness (QED) is 0.491. The molecule has 31 heavy (non-hydrogen) atoms. The maximum absolute atomic E-state index is 13.3. The summed E-state index contributed by atoms with van der Waals surface area (Å²) in [4.78, 5) is 34.6. The summed E-state index contributed by atoms with van der Waals surface area (Å²) >= 11 is 1.54. The molecule has 0 spiro atoms. The van der Waals surface area contributed by atoms with Gasteiger partial charge in [0.25, 0.3) is 5.56 Å². The summed E-state index contributed by atoms with van der Waals surface area (Å²) in [6.07, 6.45) is 3.90. The summed E-state index contributed by atoms with van der Waals surface area (Å²) in [6.45, 7) is 5.71. The van der Waals surface area contributed by atoms with Crippen LogP contribution in [0.1, 0.15) is 34.2 Å². The molecule has 158 valence electrons. The monoisotopic (exact) mass is 432 g/mol. The van der Waals surface area contributed by atoms with Gasteiger partial charge in [-0.2, -0.15) is 0 Å². The van der Waals surface area contributed by atoms with Crippen LogP contribution in [-0.4, -0.2) is 31.5 Å².